The van der Waals surface area contributed by atoms with Gasteiger partial charge in [0.2, 0.25) is 0 Å². The Morgan fingerprint density at radius 2 is 2.00 bits per heavy atom. The molecule has 0 amide bonds. The van der Waals surface area contributed by atoms with Gasteiger partial charge in [0.15, 0.2) is 0 Å². The van der Waals surface area contributed by atoms with Crippen molar-refractivity contribution in [3.05, 3.63) is 22.4 Å². The van der Waals surface area contributed by atoms with Crippen molar-refractivity contribution >= 4 is 11.3 Å². The first-order valence-electron chi connectivity index (χ1n) is 6.84. The fourth-order valence-electron chi connectivity index (χ4n) is 2.11. The highest BCUT2D eigenvalue weighted by Crippen LogP contribution is 2.13. The monoisotopic (exact) mass is 254 g/mol. The van der Waals surface area contributed by atoms with Crippen molar-refractivity contribution in [2.24, 2.45) is 5.84 Å². The van der Waals surface area contributed by atoms with E-state index in [1.807, 2.05) is 0 Å². The molecule has 17 heavy (non-hydrogen) atoms. The Bertz CT molecular complexity index is 259. The van der Waals surface area contributed by atoms with E-state index in [1.165, 1.54) is 50.5 Å². The lowest BCUT2D eigenvalue weighted by Gasteiger charge is -2.14. The lowest BCUT2D eigenvalue weighted by atomic mass is 10.0. The largest absolute Gasteiger partial charge is 0.271 e. The molecule has 0 aromatic carbocycles. The highest BCUT2D eigenvalue weighted by atomic mass is 32.1. The van der Waals surface area contributed by atoms with Crippen LogP contribution in [0.5, 0.6) is 0 Å². The summed E-state index contributed by atoms with van der Waals surface area (Å²) in [5.41, 5.74) is 4.35. The molecule has 0 aliphatic carbocycles. The minimum atomic E-state index is 0.441. The second-order valence-electron chi connectivity index (χ2n) is 4.76. The predicted molar refractivity (Wildman–Crippen MR) is 77.1 cm³/mol. The van der Waals surface area contributed by atoms with Gasteiger partial charge in [-0.05, 0) is 35.2 Å². The average molecular weight is 254 g/mol. The zero-order chi connectivity index (χ0) is 12.3. The quantitative estimate of drug-likeness (QED) is 0.378. The summed E-state index contributed by atoms with van der Waals surface area (Å²) in [6.07, 6.45) is 10.4. The van der Waals surface area contributed by atoms with Crippen LogP contribution in [-0.4, -0.2) is 6.04 Å². The van der Waals surface area contributed by atoms with Crippen molar-refractivity contribution in [1.82, 2.24) is 5.43 Å². The number of hydrazine groups is 1. The molecule has 0 radical (unpaired) electrons. The van der Waals surface area contributed by atoms with Gasteiger partial charge in [0.1, 0.15) is 0 Å². The van der Waals surface area contributed by atoms with Gasteiger partial charge in [-0.25, -0.2) is 0 Å². The Hall–Kier alpha value is -0.380. The van der Waals surface area contributed by atoms with E-state index >= 15 is 0 Å². The Morgan fingerprint density at radius 1 is 1.24 bits per heavy atom. The molecule has 3 heteroatoms. The van der Waals surface area contributed by atoms with Gasteiger partial charge in [0, 0.05) is 6.04 Å². The fraction of sp³-hybridized carbons (Fsp3) is 0.714. The van der Waals surface area contributed by atoms with Gasteiger partial charge >= 0.3 is 0 Å². The zero-order valence-corrected chi connectivity index (χ0v) is 11.8. The number of rotatable bonds is 10. The molecule has 0 spiro atoms. The topological polar surface area (TPSA) is 38.0 Å². The highest BCUT2D eigenvalue weighted by Gasteiger charge is 2.07. The summed E-state index contributed by atoms with van der Waals surface area (Å²) in [7, 11) is 0. The van der Waals surface area contributed by atoms with E-state index in [-0.39, 0.29) is 0 Å². The number of nitrogens with one attached hydrogen (secondary N) is 1. The minimum Gasteiger partial charge on any atom is -0.271 e. The minimum absolute atomic E-state index is 0.441. The fourth-order valence-corrected chi connectivity index (χ4v) is 2.79. The van der Waals surface area contributed by atoms with Gasteiger partial charge in [0.25, 0.3) is 0 Å². The Morgan fingerprint density at radius 3 is 2.65 bits per heavy atom. The molecular formula is C14H26N2S. The number of hydrogen-bond donors (Lipinski definition) is 2. The van der Waals surface area contributed by atoms with Crippen LogP contribution in [0.25, 0.3) is 0 Å². The molecule has 98 valence electrons. The Labute approximate surface area is 110 Å². The van der Waals surface area contributed by atoms with Gasteiger partial charge in [-0.1, -0.05) is 45.4 Å². The second-order valence-corrected chi connectivity index (χ2v) is 5.54. The molecular weight excluding hydrogens is 228 g/mol. The Kier molecular flexibility index (Phi) is 8.32. The van der Waals surface area contributed by atoms with Crippen LogP contribution in [0.2, 0.25) is 0 Å². The molecule has 0 fully saturated rings. The molecule has 1 heterocycles. The second kappa shape index (κ2) is 9.63. The summed E-state index contributed by atoms with van der Waals surface area (Å²) in [5, 5.41) is 4.35. The molecule has 1 atom stereocenters. The molecule has 0 saturated carbocycles. The van der Waals surface area contributed by atoms with Crippen molar-refractivity contribution < 1.29 is 0 Å². The third-order valence-corrected chi connectivity index (χ3v) is 3.94. The normalized spacial score (nSPS) is 12.8. The van der Waals surface area contributed by atoms with E-state index in [0.29, 0.717) is 6.04 Å². The summed E-state index contributed by atoms with van der Waals surface area (Å²) in [4.78, 5) is 0. The first-order chi connectivity index (χ1) is 8.36. The molecule has 0 saturated heterocycles. The molecule has 2 nitrogen and oxygen atoms in total. The molecule has 1 aromatic rings. The molecule has 0 bridgehead atoms. The van der Waals surface area contributed by atoms with E-state index in [1.54, 1.807) is 11.3 Å². The number of unbranched alkanes of at least 4 members (excludes halogenated alkanes) is 5. The lowest BCUT2D eigenvalue weighted by Crippen LogP contribution is -2.36. The lowest BCUT2D eigenvalue weighted by molar-refractivity contribution is 0.460. The molecule has 1 aromatic heterocycles. The first kappa shape index (κ1) is 14.7. The van der Waals surface area contributed by atoms with E-state index < -0.39 is 0 Å². The first-order valence-corrected chi connectivity index (χ1v) is 7.78. The Balaban J connectivity index is 2.06. The number of thiophene rings is 1. The third-order valence-electron chi connectivity index (χ3n) is 3.20. The molecule has 0 aliphatic heterocycles. The van der Waals surface area contributed by atoms with Gasteiger partial charge < -0.3 is 0 Å². The van der Waals surface area contributed by atoms with Crippen LogP contribution < -0.4 is 11.3 Å². The van der Waals surface area contributed by atoms with Crippen LogP contribution in [0.15, 0.2) is 16.8 Å². The van der Waals surface area contributed by atoms with Crippen LogP contribution in [-0.2, 0) is 6.42 Å². The predicted octanol–water partition coefficient (Wildman–Crippen LogP) is 3.87. The van der Waals surface area contributed by atoms with Gasteiger partial charge in [-0.3, -0.25) is 11.3 Å². The smallest absolute Gasteiger partial charge is 0.0251 e. The van der Waals surface area contributed by atoms with Crippen molar-refractivity contribution in [3.63, 3.8) is 0 Å². The summed E-state index contributed by atoms with van der Waals surface area (Å²) < 4.78 is 0. The summed E-state index contributed by atoms with van der Waals surface area (Å²) in [6, 6.07) is 2.63. The van der Waals surface area contributed by atoms with Crippen LogP contribution in [0.4, 0.5) is 0 Å². The van der Waals surface area contributed by atoms with Crippen molar-refractivity contribution in [1.29, 1.82) is 0 Å². The summed E-state index contributed by atoms with van der Waals surface area (Å²) >= 11 is 1.76. The molecule has 1 rings (SSSR count). The maximum Gasteiger partial charge on any atom is 0.0251 e. The third kappa shape index (κ3) is 6.81. The number of nitrogens with two attached hydrogens (primary N) is 1. The van der Waals surface area contributed by atoms with E-state index in [9.17, 15) is 0 Å². The van der Waals surface area contributed by atoms with Crippen LogP contribution in [0, 0.1) is 0 Å². The van der Waals surface area contributed by atoms with Crippen LogP contribution in [0.1, 0.15) is 57.4 Å². The van der Waals surface area contributed by atoms with Crippen LogP contribution >= 0.6 is 11.3 Å². The molecule has 1 unspecified atom stereocenters. The van der Waals surface area contributed by atoms with Crippen LogP contribution in [0.3, 0.4) is 0 Å². The standard InChI is InChI=1S/C14H26N2S/c1-2-3-4-5-6-7-8-14(16-15)11-13-9-10-17-12-13/h9-10,12,14,16H,2-8,11,15H2,1H3. The van der Waals surface area contributed by atoms with Gasteiger partial charge in [0.05, 0.1) is 0 Å². The van der Waals surface area contributed by atoms with E-state index in [2.05, 4.69) is 29.2 Å². The van der Waals surface area contributed by atoms with Gasteiger partial charge in [-0.2, -0.15) is 11.3 Å². The molecule has 0 aliphatic rings. The van der Waals surface area contributed by atoms with Crippen molar-refractivity contribution in [3.8, 4) is 0 Å². The highest BCUT2D eigenvalue weighted by molar-refractivity contribution is 7.07. The van der Waals surface area contributed by atoms with Gasteiger partial charge in [-0.15, -0.1) is 0 Å². The van der Waals surface area contributed by atoms with Crippen molar-refractivity contribution in [2.45, 2.75) is 64.3 Å². The SMILES string of the molecule is CCCCCCCCC(Cc1ccsc1)NN. The van der Waals surface area contributed by atoms with E-state index in [4.69, 9.17) is 5.84 Å². The van der Waals surface area contributed by atoms with E-state index in [0.717, 1.165) is 6.42 Å². The van der Waals surface area contributed by atoms with Crippen molar-refractivity contribution in [2.75, 3.05) is 0 Å². The maximum absolute atomic E-state index is 5.61. The summed E-state index contributed by atoms with van der Waals surface area (Å²) in [6.45, 7) is 2.26. The molecule has 3 N–H and O–H groups in total. The summed E-state index contributed by atoms with van der Waals surface area (Å²) in [5.74, 6) is 5.61. The number of hydrogen-bond acceptors (Lipinski definition) is 3. The average Bonchev–Trinajstić information content (AvgIpc) is 2.85. The zero-order valence-electron chi connectivity index (χ0n) is 11.0. The maximum atomic E-state index is 5.61.